The minimum Gasteiger partial charge on any atom is -0.496 e. The molecule has 1 atom stereocenters. The van der Waals surface area contributed by atoms with Gasteiger partial charge in [-0.25, -0.2) is 5.43 Å². The maximum Gasteiger partial charge on any atom is 0.271 e. The third-order valence-corrected chi connectivity index (χ3v) is 5.75. The van der Waals surface area contributed by atoms with E-state index in [1.54, 1.807) is 37.6 Å². The highest BCUT2D eigenvalue weighted by molar-refractivity contribution is 6.30. The number of hydrazone groups is 1. The molecule has 0 bridgehead atoms. The van der Waals surface area contributed by atoms with Crippen LogP contribution in [-0.4, -0.2) is 31.3 Å². The molecule has 3 rings (SSSR count). The van der Waals surface area contributed by atoms with Crippen molar-refractivity contribution in [2.75, 3.05) is 18.6 Å². The average Bonchev–Trinajstić information content (AvgIpc) is 2.67. The molecule has 0 spiro atoms. The van der Waals surface area contributed by atoms with E-state index in [9.17, 15) is 4.79 Å². The van der Waals surface area contributed by atoms with Crippen LogP contribution in [0.2, 0.25) is 5.02 Å². The van der Waals surface area contributed by atoms with Gasteiger partial charge in [-0.2, -0.15) is 5.10 Å². The SMILES string of the molecule is CCN1c2cc(OC)c(/C=N\NC(=O)c3cccc(Cl)c3)cc2C(C)CC1(C)C. The lowest BCUT2D eigenvalue weighted by atomic mass is 9.79. The van der Waals surface area contributed by atoms with Gasteiger partial charge in [0, 0.05) is 40.0 Å². The molecule has 2 aromatic carbocycles. The summed E-state index contributed by atoms with van der Waals surface area (Å²) in [6, 6.07) is 11.0. The molecule has 6 heteroatoms. The van der Waals surface area contributed by atoms with Crippen LogP contribution in [0.1, 0.15) is 61.5 Å². The highest BCUT2D eigenvalue weighted by Gasteiger charge is 2.36. The first-order valence-corrected chi connectivity index (χ1v) is 10.2. The van der Waals surface area contributed by atoms with Crippen LogP contribution in [0.5, 0.6) is 5.75 Å². The topological polar surface area (TPSA) is 53.9 Å². The number of nitrogens with zero attached hydrogens (tertiary/aromatic N) is 2. The Balaban J connectivity index is 1.88. The summed E-state index contributed by atoms with van der Waals surface area (Å²) < 4.78 is 5.62. The summed E-state index contributed by atoms with van der Waals surface area (Å²) in [7, 11) is 1.65. The third kappa shape index (κ3) is 4.40. The largest absolute Gasteiger partial charge is 0.496 e. The van der Waals surface area contributed by atoms with Crippen LogP contribution < -0.4 is 15.1 Å². The predicted molar refractivity (Wildman–Crippen MR) is 120 cm³/mol. The number of methoxy groups -OCH3 is 1. The summed E-state index contributed by atoms with van der Waals surface area (Å²) in [5, 5.41) is 4.65. The molecule has 0 aliphatic carbocycles. The number of carbonyl (C=O) groups excluding carboxylic acids is 1. The van der Waals surface area contributed by atoms with Crippen LogP contribution in [0, 0.1) is 0 Å². The highest BCUT2D eigenvalue weighted by Crippen LogP contribution is 2.45. The van der Waals surface area contributed by atoms with Gasteiger partial charge in [0.15, 0.2) is 0 Å². The van der Waals surface area contributed by atoms with Crippen molar-refractivity contribution in [1.29, 1.82) is 0 Å². The van der Waals surface area contributed by atoms with Gasteiger partial charge in [-0.15, -0.1) is 0 Å². The summed E-state index contributed by atoms with van der Waals surface area (Å²) in [5.74, 6) is 0.836. The minimum atomic E-state index is -0.312. The van der Waals surface area contributed by atoms with E-state index in [1.807, 2.05) is 0 Å². The number of hydrogen-bond donors (Lipinski definition) is 1. The number of halogens is 1. The van der Waals surface area contributed by atoms with Gasteiger partial charge in [0.2, 0.25) is 0 Å². The normalized spacial score (nSPS) is 17.9. The summed E-state index contributed by atoms with van der Waals surface area (Å²) >= 11 is 5.94. The van der Waals surface area contributed by atoms with Crippen LogP contribution in [0.25, 0.3) is 0 Å². The molecule has 0 fully saturated rings. The highest BCUT2D eigenvalue weighted by atomic mass is 35.5. The molecule has 1 aliphatic heterocycles. The van der Waals surface area contributed by atoms with E-state index in [2.05, 4.69) is 55.3 Å². The Morgan fingerprint density at radius 1 is 1.38 bits per heavy atom. The van der Waals surface area contributed by atoms with Crippen LogP contribution in [-0.2, 0) is 0 Å². The van der Waals surface area contributed by atoms with Crippen LogP contribution in [0.15, 0.2) is 41.5 Å². The molecule has 1 heterocycles. The number of amides is 1. The van der Waals surface area contributed by atoms with Crippen molar-refractivity contribution in [2.45, 2.75) is 45.6 Å². The van der Waals surface area contributed by atoms with Crippen LogP contribution in [0.4, 0.5) is 5.69 Å². The smallest absolute Gasteiger partial charge is 0.271 e. The van der Waals surface area contributed by atoms with Gasteiger partial charge < -0.3 is 9.64 Å². The molecule has 29 heavy (non-hydrogen) atoms. The predicted octanol–water partition coefficient (Wildman–Crippen LogP) is 5.22. The lowest BCUT2D eigenvalue weighted by Gasteiger charge is -2.47. The molecular weight excluding hydrogens is 386 g/mol. The maximum atomic E-state index is 12.3. The van der Waals surface area contributed by atoms with E-state index in [4.69, 9.17) is 16.3 Å². The molecule has 1 aliphatic rings. The number of fused-ring (bicyclic) bond motifs is 1. The number of nitrogens with one attached hydrogen (secondary N) is 1. The maximum absolute atomic E-state index is 12.3. The number of rotatable bonds is 5. The first kappa shape index (κ1) is 21.2. The van der Waals surface area contributed by atoms with Crippen molar-refractivity contribution in [2.24, 2.45) is 5.10 Å². The zero-order valence-corrected chi connectivity index (χ0v) is 18.4. The van der Waals surface area contributed by atoms with Gasteiger partial charge >= 0.3 is 0 Å². The van der Waals surface area contributed by atoms with E-state index >= 15 is 0 Å². The Labute approximate surface area is 177 Å². The molecule has 1 amide bonds. The fraction of sp³-hybridized carbons (Fsp3) is 0.391. The van der Waals surface area contributed by atoms with E-state index in [0.717, 1.165) is 24.3 Å². The lowest BCUT2D eigenvalue weighted by Crippen LogP contribution is -2.48. The van der Waals surface area contributed by atoms with E-state index in [1.165, 1.54) is 11.3 Å². The Morgan fingerprint density at radius 3 is 2.79 bits per heavy atom. The number of benzene rings is 2. The zero-order valence-electron chi connectivity index (χ0n) is 17.6. The fourth-order valence-corrected chi connectivity index (χ4v) is 4.45. The van der Waals surface area contributed by atoms with E-state index < -0.39 is 0 Å². The first-order valence-electron chi connectivity index (χ1n) is 9.85. The molecule has 1 N–H and O–H groups in total. The second-order valence-electron chi connectivity index (χ2n) is 8.02. The summed E-state index contributed by atoms with van der Waals surface area (Å²) in [4.78, 5) is 14.7. The van der Waals surface area contributed by atoms with Crippen molar-refractivity contribution in [3.8, 4) is 5.75 Å². The van der Waals surface area contributed by atoms with Crippen molar-refractivity contribution < 1.29 is 9.53 Å². The average molecular weight is 414 g/mol. The van der Waals surface area contributed by atoms with Gasteiger partial charge in [-0.3, -0.25) is 4.79 Å². The van der Waals surface area contributed by atoms with Crippen molar-refractivity contribution in [3.05, 3.63) is 58.1 Å². The van der Waals surface area contributed by atoms with Crippen LogP contribution in [0.3, 0.4) is 0 Å². The monoisotopic (exact) mass is 413 g/mol. The van der Waals surface area contributed by atoms with Gasteiger partial charge in [0.25, 0.3) is 5.91 Å². The second kappa shape index (κ2) is 8.46. The molecule has 2 aromatic rings. The Bertz CT molecular complexity index is 940. The van der Waals surface area contributed by atoms with E-state index in [0.29, 0.717) is 16.5 Å². The fourth-order valence-electron chi connectivity index (χ4n) is 4.26. The van der Waals surface area contributed by atoms with Crippen molar-refractivity contribution in [1.82, 2.24) is 5.43 Å². The standard InChI is InChI=1S/C23H28ClN3O2/c1-6-27-20-12-21(29-5)17(11-19(20)15(2)13-23(27,3)4)14-25-26-22(28)16-8-7-9-18(24)10-16/h7-12,14-15H,6,13H2,1-5H3,(H,26,28)/b25-14-. The Hall–Kier alpha value is -2.53. The molecule has 0 saturated carbocycles. The molecule has 0 radical (unpaired) electrons. The molecule has 0 saturated heterocycles. The van der Waals surface area contributed by atoms with Crippen molar-refractivity contribution >= 4 is 29.4 Å². The quantitative estimate of drug-likeness (QED) is 0.539. The number of hydrogen-bond acceptors (Lipinski definition) is 4. The summed E-state index contributed by atoms with van der Waals surface area (Å²) in [6.45, 7) is 9.92. The van der Waals surface area contributed by atoms with Gasteiger partial charge in [0.05, 0.1) is 13.3 Å². The van der Waals surface area contributed by atoms with Crippen LogP contribution >= 0.6 is 11.6 Å². The van der Waals surface area contributed by atoms with Crippen molar-refractivity contribution in [3.63, 3.8) is 0 Å². The Kier molecular flexibility index (Phi) is 6.18. The zero-order chi connectivity index (χ0) is 21.2. The summed E-state index contributed by atoms with van der Waals surface area (Å²) in [5.41, 5.74) is 6.41. The molecule has 0 aromatic heterocycles. The number of ether oxygens (including phenoxy) is 1. The summed E-state index contributed by atoms with van der Waals surface area (Å²) in [6.07, 6.45) is 2.70. The Morgan fingerprint density at radius 2 is 2.14 bits per heavy atom. The lowest BCUT2D eigenvalue weighted by molar-refractivity contribution is 0.0955. The van der Waals surface area contributed by atoms with Gasteiger partial charge in [0.1, 0.15) is 5.75 Å². The molecule has 5 nitrogen and oxygen atoms in total. The van der Waals surface area contributed by atoms with E-state index in [-0.39, 0.29) is 11.4 Å². The second-order valence-corrected chi connectivity index (χ2v) is 8.46. The van der Waals surface area contributed by atoms with Gasteiger partial charge in [-0.05, 0) is 62.9 Å². The molecule has 1 unspecified atom stereocenters. The van der Waals surface area contributed by atoms with Gasteiger partial charge in [-0.1, -0.05) is 24.6 Å². The third-order valence-electron chi connectivity index (χ3n) is 5.51. The first-order chi connectivity index (χ1) is 13.8. The number of anilines is 1. The molecule has 154 valence electrons. The minimum absolute atomic E-state index is 0.0900. The number of carbonyl (C=O) groups is 1. The molecular formula is C23H28ClN3O2.